The van der Waals surface area contributed by atoms with E-state index in [9.17, 15) is 10.1 Å². The van der Waals surface area contributed by atoms with Crippen LogP contribution in [0.5, 0.6) is 0 Å². The molecule has 1 aromatic heterocycles. The normalized spacial score (nSPS) is 10.1. The molecular weight excluding hydrogens is 254 g/mol. The van der Waals surface area contributed by atoms with Gasteiger partial charge < -0.3 is 9.64 Å². The van der Waals surface area contributed by atoms with Crippen LogP contribution in [0.15, 0.2) is 30.3 Å². The number of esters is 1. The summed E-state index contributed by atoms with van der Waals surface area (Å²) >= 11 is 0. The molecule has 0 bridgehead atoms. The van der Waals surface area contributed by atoms with Gasteiger partial charge in [0, 0.05) is 12.4 Å². The number of nitriles is 1. The van der Waals surface area contributed by atoms with E-state index in [-0.39, 0.29) is 12.5 Å². The molecule has 0 aliphatic heterocycles. The second-order valence-corrected chi connectivity index (χ2v) is 4.32. The van der Waals surface area contributed by atoms with Crippen molar-refractivity contribution in [2.24, 2.45) is 0 Å². The van der Waals surface area contributed by atoms with Gasteiger partial charge in [0.25, 0.3) is 0 Å². The number of carbonyl (C=O) groups excluding carboxylic acids is 1. The molecule has 0 saturated carbocycles. The van der Waals surface area contributed by atoms with Crippen LogP contribution in [0, 0.1) is 11.3 Å². The number of para-hydroxylation sites is 1. The van der Waals surface area contributed by atoms with Crippen molar-refractivity contribution in [1.29, 1.82) is 5.26 Å². The molecule has 0 N–H and O–H groups in total. The molecule has 0 saturated heterocycles. The zero-order valence-corrected chi connectivity index (χ0v) is 11.5. The number of fused-ring (bicyclic) bond motifs is 1. The molecule has 0 fully saturated rings. The lowest BCUT2D eigenvalue weighted by Crippen LogP contribution is -2.27. The fraction of sp³-hybridized carbons (Fsp3) is 0.267. The van der Waals surface area contributed by atoms with Crippen LogP contribution in [0.25, 0.3) is 10.9 Å². The Morgan fingerprint density at radius 2 is 2.20 bits per heavy atom. The smallest absolute Gasteiger partial charge is 0.325 e. The fourth-order valence-corrected chi connectivity index (χ4v) is 1.93. The second kappa shape index (κ2) is 6.02. The quantitative estimate of drug-likeness (QED) is 0.795. The SMILES string of the molecule is CCOC(=O)CN(C)c1cc(C#N)c2ccccc2n1. The minimum absolute atomic E-state index is 0.101. The van der Waals surface area contributed by atoms with Crippen LogP contribution in [0.1, 0.15) is 12.5 Å². The summed E-state index contributed by atoms with van der Waals surface area (Å²) in [5.74, 6) is 0.261. The van der Waals surface area contributed by atoms with Gasteiger partial charge in [0.1, 0.15) is 12.4 Å². The third kappa shape index (κ3) is 2.86. The van der Waals surface area contributed by atoms with Crippen molar-refractivity contribution in [3.8, 4) is 6.07 Å². The van der Waals surface area contributed by atoms with Gasteiger partial charge in [-0.3, -0.25) is 4.79 Å². The van der Waals surface area contributed by atoms with Gasteiger partial charge in [-0.1, -0.05) is 18.2 Å². The lowest BCUT2D eigenvalue weighted by molar-refractivity contribution is -0.141. The van der Waals surface area contributed by atoms with E-state index in [0.29, 0.717) is 18.0 Å². The van der Waals surface area contributed by atoms with Crippen molar-refractivity contribution in [2.45, 2.75) is 6.92 Å². The number of pyridine rings is 1. The zero-order chi connectivity index (χ0) is 14.5. The van der Waals surface area contributed by atoms with E-state index in [2.05, 4.69) is 11.1 Å². The summed E-state index contributed by atoms with van der Waals surface area (Å²) in [6, 6.07) is 11.3. The van der Waals surface area contributed by atoms with Crippen LogP contribution in [0.3, 0.4) is 0 Å². The third-order valence-electron chi connectivity index (χ3n) is 2.89. The topological polar surface area (TPSA) is 66.2 Å². The minimum atomic E-state index is -0.316. The van der Waals surface area contributed by atoms with Crippen LogP contribution >= 0.6 is 0 Å². The van der Waals surface area contributed by atoms with Crippen LogP contribution < -0.4 is 4.90 Å². The van der Waals surface area contributed by atoms with Crippen molar-refractivity contribution >= 4 is 22.7 Å². The molecule has 0 amide bonds. The van der Waals surface area contributed by atoms with Gasteiger partial charge in [-0.05, 0) is 19.1 Å². The number of hydrogen-bond donors (Lipinski definition) is 0. The highest BCUT2D eigenvalue weighted by molar-refractivity contribution is 5.87. The van der Waals surface area contributed by atoms with Gasteiger partial charge in [-0.15, -0.1) is 0 Å². The Morgan fingerprint density at radius 1 is 1.45 bits per heavy atom. The summed E-state index contributed by atoms with van der Waals surface area (Å²) in [5, 5.41) is 10.0. The molecular formula is C15H15N3O2. The molecule has 0 radical (unpaired) electrons. The maximum atomic E-state index is 11.5. The number of likely N-dealkylation sites (N-methyl/N-ethyl adjacent to an activating group) is 1. The van der Waals surface area contributed by atoms with Gasteiger partial charge in [-0.2, -0.15) is 5.26 Å². The Morgan fingerprint density at radius 3 is 2.90 bits per heavy atom. The molecule has 5 nitrogen and oxygen atoms in total. The zero-order valence-electron chi connectivity index (χ0n) is 11.5. The molecule has 0 unspecified atom stereocenters. The number of anilines is 1. The van der Waals surface area contributed by atoms with E-state index in [1.807, 2.05) is 24.3 Å². The molecule has 0 atom stereocenters. The van der Waals surface area contributed by atoms with E-state index in [1.54, 1.807) is 24.9 Å². The Kier molecular flexibility index (Phi) is 4.16. The number of benzene rings is 1. The van der Waals surface area contributed by atoms with E-state index >= 15 is 0 Å². The number of rotatable bonds is 4. The molecule has 5 heteroatoms. The second-order valence-electron chi connectivity index (χ2n) is 4.32. The van der Waals surface area contributed by atoms with Crippen LogP contribution in [-0.2, 0) is 9.53 Å². The Balaban J connectivity index is 2.35. The first-order valence-corrected chi connectivity index (χ1v) is 6.32. The van der Waals surface area contributed by atoms with Crippen LogP contribution in [0.2, 0.25) is 0 Å². The van der Waals surface area contributed by atoms with Crippen molar-refractivity contribution in [3.63, 3.8) is 0 Å². The Hall–Kier alpha value is -2.61. The van der Waals surface area contributed by atoms with E-state index in [4.69, 9.17) is 4.74 Å². The molecule has 102 valence electrons. The molecule has 0 spiro atoms. The number of nitrogens with zero attached hydrogens (tertiary/aromatic N) is 3. The van der Waals surface area contributed by atoms with Gasteiger partial charge in [-0.25, -0.2) is 4.98 Å². The fourth-order valence-electron chi connectivity index (χ4n) is 1.93. The highest BCUT2D eigenvalue weighted by atomic mass is 16.5. The van der Waals surface area contributed by atoms with E-state index in [0.717, 1.165) is 10.9 Å². The Labute approximate surface area is 117 Å². The average Bonchev–Trinajstić information content (AvgIpc) is 2.46. The third-order valence-corrected chi connectivity index (χ3v) is 2.89. The van der Waals surface area contributed by atoms with Crippen molar-refractivity contribution in [2.75, 3.05) is 25.1 Å². The molecule has 1 aromatic carbocycles. The monoisotopic (exact) mass is 269 g/mol. The lowest BCUT2D eigenvalue weighted by Gasteiger charge is -2.17. The van der Waals surface area contributed by atoms with Gasteiger partial charge in [0.05, 0.1) is 23.8 Å². The molecule has 1 heterocycles. The summed E-state index contributed by atoms with van der Waals surface area (Å²) in [4.78, 5) is 17.6. The van der Waals surface area contributed by atoms with Gasteiger partial charge in [0.15, 0.2) is 0 Å². The first-order chi connectivity index (χ1) is 9.65. The average molecular weight is 269 g/mol. The predicted molar refractivity (Wildman–Crippen MR) is 76.4 cm³/mol. The lowest BCUT2D eigenvalue weighted by atomic mass is 10.1. The predicted octanol–water partition coefficient (Wildman–Crippen LogP) is 2.11. The highest BCUT2D eigenvalue weighted by Crippen LogP contribution is 2.21. The van der Waals surface area contributed by atoms with Crippen molar-refractivity contribution in [3.05, 3.63) is 35.9 Å². The Bertz CT molecular complexity index is 676. The van der Waals surface area contributed by atoms with E-state index < -0.39 is 0 Å². The van der Waals surface area contributed by atoms with Crippen molar-refractivity contribution < 1.29 is 9.53 Å². The maximum absolute atomic E-state index is 11.5. The summed E-state index contributed by atoms with van der Waals surface area (Å²) in [6.45, 7) is 2.21. The summed E-state index contributed by atoms with van der Waals surface area (Å²) < 4.78 is 4.90. The number of carbonyl (C=O) groups is 1. The van der Waals surface area contributed by atoms with Crippen LogP contribution in [0.4, 0.5) is 5.82 Å². The number of aromatic nitrogens is 1. The molecule has 0 aliphatic carbocycles. The molecule has 2 rings (SSSR count). The van der Waals surface area contributed by atoms with Crippen LogP contribution in [-0.4, -0.2) is 31.2 Å². The van der Waals surface area contributed by atoms with Gasteiger partial charge >= 0.3 is 5.97 Å². The first kappa shape index (κ1) is 13.8. The maximum Gasteiger partial charge on any atom is 0.325 e. The molecule has 2 aromatic rings. The molecule has 0 aliphatic rings. The highest BCUT2D eigenvalue weighted by Gasteiger charge is 2.12. The number of ether oxygens (including phenoxy) is 1. The van der Waals surface area contributed by atoms with Gasteiger partial charge in [0.2, 0.25) is 0 Å². The minimum Gasteiger partial charge on any atom is -0.465 e. The number of hydrogen-bond acceptors (Lipinski definition) is 5. The largest absolute Gasteiger partial charge is 0.465 e. The summed E-state index contributed by atoms with van der Waals surface area (Å²) in [6.07, 6.45) is 0. The summed E-state index contributed by atoms with van der Waals surface area (Å²) in [5.41, 5.74) is 1.28. The van der Waals surface area contributed by atoms with Crippen molar-refractivity contribution in [1.82, 2.24) is 4.98 Å². The molecule has 20 heavy (non-hydrogen) atoms. The summed E-state index contributed by atoms with van der Waals surface area (Å²) in [7, 11) is 1.75. The standard InChI is InChI=1S/C15H15N3O2/c1-3-20-15(19)10-18(2)14-8-11(9-16)12-6-4-5-7-13(12)17-14/h4-8H,3,10H2,1-2H3. The first-order valence-electron chi connectivity index (χ1n) is 6.32. The van der Waals surface area contributed by atoms with E-state index in [1.165, 1.54) is 0 Å².